The summed E-state index contributed by atoms with van der Waals surface area (Å²) < 4.78 is 1.69. The standard InChI is InChI=1S/C18H20N6OS/c1-23(2)16-10-8-15(9-11-16)19-17(25)13-26-18-20-21-22-24(18)12-14-6-4-3-5-7-14/h3-11H,12-13H2,1-2H3,(H,19,25). The molecule has 26 heavy (non-hydrogen) atoms. The van der Waals surface area contributed by atoms with Crippen LogP contribution in [0, 0.1) is 0 Å². The summed E-state index contributed by atoms with van der Waals surface area (Å²) in [4.78, 5) is 14.2. The van der Waals surface area contributed by atoms with E-state index in [0.29, 0.717) is 11.7 Å². The van der Waals surface area contributed by atoms with Crippen molar-refractivity contribution in [2.45, 2.75) is 11.7 Å². The van der Waals surface area contributed by atoms with E-state index in [1.807, 2.05) is 73.6 Å². The van der Waals surface area contributed by atoms with Crippen LogP contribution in [0.15, 0.2) is 59.8 Å². The van der Waals surface area contributed by atoms with Crippen molar-refractivity contribution in [3.8, 4) is 0 Å². The van der Waals surface area contributed by atoms with Crippen LogP contribution < -0.4 is 10.2 Å². The quantitative estimate of drug-likeness (QED) is 0.646. The second kappa shape index (κ2) is 8.48. The van der Waals surface area contributed by atoms with E-state index in [9.17, 15) is 4.79 Å². The van der Waals surface area contributed by atoms with Crippen molar-refractivity contribution < 1.29 is 4.79 Å². The third-order valence-electron chi connectivity index (χ3n) is 3.67. The maximum absolute atomic E-state index is 12.2. The van der Waals surface area contributed by atoms with Gasteiger partial charge < -0.3 is 10.2 Å². The molecule has 1 aromatic heterocycles. The zero-order chi connectivity index (χ0) is 18.4. The van der Waals surface area contributed by atoms with Gasteiger partial charge in [0.05, 0.1) is 12.3 Å². The number of nitrogens with zero attached hydrogens (tertiary/aromatic N) is 5. The van der Waals surface area contributed by atoms with Gasteiger partial charge in [-0.05, 0) is 40.3 Å². The molecule has 0 aliphatic heterocycles. The van der Waals surface area contributed by atoms with Gasteiger partial charge in [-0.1, -0.05) is 42.1 Å². The smallest absolute Gasteiger partial charge is 0.234 e. The summed E-state index contributed by atoms with van der Waals surface area (Å²) >= 11 is 1.31. The van der Waals surface area contributed by atoms with E-state index in [4.69, 9.17) is 0 Å². The highest BCUT2D eigenvalue weighted by Gasteiger charge is 2.11. The lowest BCUT2D eigenvalue weighted by molar-refractivity contribution is -0.113. The number of carbonyl (C=O) groups is 1. The number of thioether (sulfide) groups is 1. The molecule has 0 aliphatic rings. The van der Waals surface area contributed by atoms with E-state index in [2.05, 4.69) is 20.8 Å². The predicted octanol–water partition coefficient (Wildman–Crippen LogP) is 2.52. The Hall–Kier alpha value is -2.87. The Kier molecular flexibility index (Phi) is 5.85. The summed E-state index contributed by atoms with van der Waals surface area (Å²) in [6, 6.07) is 17.6. The maximum atomic E-state index is 12.2. The third kappa shape index (κ3) is 4.82. The van der Waals surface area contributed by atoms with Gasteiger partial charge in [-0.25, -0.2) is 4.68 Å². The Morgan fingerprint density at radius 3 is 2.54 bits per heavy atom. The SMILES string of the molecule is CN(C)c1ccc(NC(=O)CSc2nnnn2Cc2ccccc2)cc1. The minimum Gasteiger partial charge on any atom is -0.378 e. The van der Waals surface area contributed by atoms with Gasteiger partial charge in [-0.3, -0.25) is 4.79 Å². The van der Waals surface area contributed by atoms with Crippen LogP contribution in [0.2, 0.25) is 0 Å². The number of amides is 1. The molecule has 0 aliphatic carbocycles. The normalized spacial score (nSPS) is 10.5. The van der Waals surface area contributed by atoms with Gasteiger partial charge in [0.2, 0.25) is 11.1 Å². The number of tetrazole rings is 1. The molecule has 8 heteroatoms. The van der Waals surface area contributed by atoms with Gasteiger partial charge in [0, 0.05) is 25.5 Å². The zero-order valence-corrected chi connectivity index (χ0v) is 15.5. The Morgan fingerprint density at radius 1 is 1.12 bits per heavy atom. The highest BCUT2D eigenvalue weighted by atomic mass is 32.2. The van der Waals surface area contributed by atoms with E-state index in [1.54, 1.807) is 4.68 Å². The van der Waals surface area contributed by atoms with Crippen LogP contribution in [-0.2, 0) is 11.3 Å². The largest absolute Gasteiger partial charge is 0.378 e. The van der Waals surface area contributed by atoms with Crippen molar-refractivity contribution in [2.24, 2.45) is 0 Å². The monoisotopic (exact) mass is 368 g/mol. The van der Waals surface area contributed by atoms with Crippen LogP contribution >= 0.6 is 11.8 Å². The number of hydrogen-bond acceptors (Lipinski definition) is 6. The Labute approximate surface area is 156 Å². The zero-order valence-electron chi connectivity index (χ0n) is 14.7. The number of nitrogens with one attached hydrogen (secondary N) is 1. The minimum atomic E-state index is -0.0955. The molecular formula is C18H20N6OS. The van der Waals surface area contributed by atoms with Crippen molar-refractivity contribution in [3.05, 3.63) is 60.2 Å². The molecule has 0 bridgehead atoms. The first-order chi connectivity index (χ1) is 12.6. The fourth-order valence-corrected chi connectivity index (χ4v) is 3.00. The summed E-state index contributed by atoms with van der Waals surface area (Å²) in [5.74, 6) is 0.145. The van der Waals surface area contributed by atoms with Gasteiger partial charge in [0.25, 0.3) is 0 Å². The van der Waals surface area contributed by atoms with Crippen LogP contribution in [0.25, 0.3) is 0 Å². The fraction of sp³-hybridized carbons (Fsp3) is 0.222. The molecule has 0 unspecified atom stereocenters. The van der Waals surface area contributed by atoms with E-state index in [-0.39, 0.29) is 11.7 Å². The van der Waals surface area contributed by atoms with Crippen LogP contribution in [0.4, 0.5) is 11.4 Å². The molecule has 0 fully saturated rings. The Balaban J connectivity index is 1.54. The second-order valence-electron chi connectivity index (χ2n) is 5.88. The predicted molar refractivity (Wildman–Crippen MR) is 103 cm³/mol. The molecule has 0 spiro atoms. The van der Waals surface area contributed by atoms with E-state index in [1.165, 1.54) is 11.8 Å². The van der Waals surface area contributed by atoms with Gasteiger partial charge in [0.15, 0.2) is 0 Å². The fourth-order valence-electron chi connectivity index (χ4n) is 2.33. The number of rotatable bonds is 7. The number of hydrogen-bond donors (Lipinski definition) is 1. The van der Waals surface area contributed by atoms with E-state index < -0.39 is 0 Å². The summed E-state index contributed by atoms with van der Waals surface area (Å²) in [5.41, 5.74) is 2.95. The number of anilines is 2. The average molecular weight is 368 g/mol. The van der Waals surface area contributed by atoms with Crippen molar-refractivity contribution in [1.29, 1.82) is 0 Å². The van der Waals surface area contributed by atoms with Gasteiger partial charge in [-0.15, -0.1) is 5.10 Å². The molecule has 0 atom stereocenters. The summed E-state index contributed by atoms with van der Waals surface area (Å²) in [5, 5.41) is 15.2. The molecule has 0 saturated carbocycles. The number of carbonyl (C=O) groups excluding carboxylic acids is 1. The van der Waals surface area contributed by atoms with Crippen molar-refractivity contribution in [2.75, 3.05) is 30.1 Å². The first kappa shape index (κ1) is 17.9. The first-order valence-corrected chi connectivity index (χ1v) is 9.10. The highest BCUT2D eigenvalue weighted by molar-refractivity contribution is 7.99. The summed E-state index contributed by atoms with van der Waals surface area (Å²) in [6.45, 7) is 0.573. The lowest BCUT2D eigenvalue weighted by Crippen LogP contribution is -2.15. The molecule has 3 rings (SSSR count). The third-order valence-corrected chi connectivity index (χ3v) is 4.63. The molecule has 134 valence electrons. The van der Waals surface area contributed by atoms with Crippen molar-refractivity contribution in [1.82, 2.24) is 20.2 Å². The second-order valence-corrected chi connectivity index (χ2v) is 6.83. The highest BCUT2D eigenvalue weighted by Crippen LogP contribution is 2.18. The summed E-state index contributed by atoms with van der Waals surface area (Å²) in [7, 11) is 3.95. The van der Waals surface area contributed by atoms with E-state index >= 15 is 0 Å². The molecule has 0 saturated heterocycles. The molecule has 2 aromatic carbocycles. The average Bonchev–Trinajstić information content (AvgIpc) is 3.08. The van der Waals surface area contributed by atoms with Crippen molar-refractivity contribution >= 4 is 29.0 Å². The van der Waals surface area contributed by atoms with Gasteiger partial charge in [0.1, 0.15) is 0 Å². The molecule has 1 heterocycles. The number of benzene rings is 2. The molecule has 7 nitrogen and oxygen atoms in total. The molecule has 1 amide bonds. The number of aromatic nitrogens is 4. The lowest BCUT2D eigenvalue weighted by atomic mass is 10.2. The first-order valence-electron chi connectivity index (χ1n) is 8.12. The van der Waals surface area contributed by atoms with Gasteiger partial charge in [-0.2, -0.15) is 0 Å². The molecular weight excluding hydrogens is 348 g/mol. The Bertz CT molecular complexity index is 848. The van der Waals surface area contributed by atoms with Crippen LogP contribution in [-0.4, -0.2) is 46.0 Å². The minimum absolute atomic E-state index is 0.0955. The summed E-state index contributed by atoms with van der Waals surface area (Å²) in [6.07, 6.45) is 0. The van der Waals surface area contributed by atoms with Crippen LogP contribution in [0.5, 0.6) is 0 Å². The van der Waals surface area contributed by atoms with E-state index in [0.717, 1.165) is 16.9 Å². The van der Waals surface area contributed by atoms with Crippen molar-refractivity contribution in [3.63, 3.8) is 0 Å². The van der Waals surface area contributed by atoms with Gasteiger partial charge >= 0.3 is 0 Å². The lowest BCUT2D eigenvalue weighted by Gasteiger charge is -2.13. The molecule has 1 N–H and O–H groups in total. The molecule has 0 radical (unpaired) electrons. The maximum Gasteiger partial charge on any atom is 0.234 e. The van der Waals surface area contributed by atoms with Crippen LogP contribution in [0.1, 0.15) is 5.56 Å². The molecule has 3 aromatic rings. The van der Waals surface area contributed by atoms with Crippen LogP contribution in [0.3, 0.4) is 0 Å². The topological polar surface area (TPSA) is 75.9 Å². The Morgan fingerprint density at radius 2 is 1.85 bits per heavy atom.